The number of ether oxygens (including phenoxy) is 4. The minimum absolute atomic E-state index is 0.175. The molecule has 9 nitrogen and oxygen atoms in total. The van der Waals surface area contributed by atoms with Crippen LogP contribution in [0.2, 0.25) is 0 Å². The largest absolute Gasteiger partial charge is 0.477 e. The summed E-state index contributed by atoms with van der Waals surface area (Å²) in [6, 6.07) is 0. The molecule has 0 aromatic rings. The maximum absolute atomic E-state index is 12.9. The van der Waals surface area contributed by atoms with Crippen molar-refractivity contribution in [1.82, 2.24) is 0 Å². The van der Waals surface area contributed by atoms with Crippen LogP contribution >= 0.6 is 0 Å². The summed E-state index contributed by atoms with van der Waals surface area (Å²) in [5.41, 5.74) is 0. The lowest BCUT2D eigenvalue weighted by atomic mass is 10.0. The van der Waals surface area contributed by atoms with Gasteiger partial charge in [0.25, 0.3) is 6.29 Å². The van der Waals surface area contributed by atoms with Gasteiger partial charge in [0.05, 0.1) is 34.4 Å². The molecule has 0 aliphatic rings. The van der Waals surface area contributed by atoms with Gasteiger partial charge in [0.1, 0.15) is 13.2 Å². The van der Waals surface area contributed by atoms with Crippen LogP contribution in [-0.2, 0) is 33.3 Å². The lowest BCUT2D eigenvalue weighted by Crippen LogP contribution is -2.40. The van der Waals surface area contributed by atoms with Gasteiger partial charge in [-0.1, -0.05) is 274 Å². The van der Waals surface area contributed by atoms with E-state index in [1.54, 1.807) is 0 Å². The van der Waals surface area contributed by atoms with Crippen LogP contribution in [0.1, 0.15) is 245 Å². The lowest BCUT2D eigenvalue weighted by Gasteiger charge is -2.25. The van der Waals surface area contributed by atoms with E-state index in [2.05, 4.69) is 184 Å². The van der Waals surface area contributed by atoms with Gasteiger partial charge in [-0.15, -0.1) is 0 Å². The number of esters is 2. The normalized spacial score (nSPS) is 13.8. The van der Waals surface area contributed by atoms with Crippen molar-refractivity contribution in [3.05, 3.63) is 170 Å². The van der Waals surface area contributed by atoms with E-state index in [0.717, 1.165) is 148 Å². The van der Waals surface area contributed by atoms with Crippen molar-refractivity contribution in [2.45, 2.75) is 257 Å². The van der Waals surface area contributed by atoms with Crippen molar-refractivity contribution >= 4 is 17.9 Å². The molecule has 2 unspecified atom stereocenters. The van der Waals surface area contributed by atoms with E-state index in [1.165, 1.54) is 64.2 Å². The molecule has 0 spiro atoms. The van der Waals surface area contributed by atoms with E-state index in [4.69, 9.17) is 18.9 Å². The highest BCUT2D eigenvalue weighted by molar-refractivity contribution is 5.71. The van der Waals surface area contributed by atoms with E-state index in [0.29, 0.717) is 17.4 Å². The SMILES string of the molecule is CC/C=C\C/C=C\C/C=C\C/C=C\C/C=C\C/C=C\C/C=C\C/C=C\CCCCCCCCC(=O)OC(COC(=O)CCCCCCCCCCCCCC/C=C\C/C=C\C/C=C\C/C=C\C/C=C\C/C=C\CC)COC(OCC[N+](C)(C)C)C(=O)O. The third kappa shape index (κ3) is 68.0. The quantitative estimate of drug-likeness (QED) is 0.0211. The van der Waals surface area contributed by atoms with Gasteiger partial charge in [0, 0.05) is 12.8 Å². The van der Waals surface area contributed by atoms with Gasteiger partial charge >= 0.3 is 17.9 Å². The minimum Gasteiger partial charge on any atom is -0.477 e. The second-order valence-corrected chi connectivity index (χ2v) is 23.4. The number of carboxylic acids is 1. The van der Waals surface area contributed by atoms with Gasteiger partial charge in [-0.05, 0) is 128 Å². The summed E-state index contributed by atoms with van der Waals surface area (Å²) >= 11 is 0. The summed E-state index contributed by atoms with van der Waals surface area (Å²) in [5.74, 6) is -2.04. The van der Waals surface area contributed by atoms with Gasteiger partial charge in [-0.2, -0.15) is 0 Å². The van der Waals surface area contributed by atoms with Crippen LogP contribution in [0.5, 0.6) is 0 Å². The topological polar surface area (TPSA) is 108 Å². The predicted molar refractivity (Wildman–Crippen MR) is 373 cm³/mol. The first-order valence-corrected chi connectivity index (χ1v) is 34.3. The molecule has 0 rings (SSSR count). The van der Waals surface area contributed by atoms with Crippen molar-refractivity contribution in [2.75, 3.05) is 47.5 Å². The molecule has 490 valence electrons. The first-order chi connectivity index (χ1) is 42.6. The molecular weight excluding hydrogens is 1080 g/mol. The zero-order valence-electron chi connectivity index (χ0n) is 55.9. The number of rotatable bonds is 61. The van der Waals surface area contributed by atoms with E-state index in [9.17, 15) is 19.5 Å². The monoisotopic (exact) mass is 1200 g/mol. The van der Waals surface area contributed by atoms with Crippen molar-refractivity contribution < 1.29 is 42.9 Å². The van der Waals surface area contributed by atoms with E-state index in [1.807, 2.05) is 21.1 Å². The van der Waals surface area contributed by atoms with Crippen molar-refractivity contribution in [1.29, 1.82) is 0 Å². The Labute approximate surface area is 533 Å². The molecule has 0 fully saturated rings. The smallest absolute Gasteiger partial charge is 0.361 e. The Morgan fingerprint density at radius 1 is 0.345 bits per heavy atom. The third-order valence-corrected chi connectivity index (χ3v) is 14.0. The predicted octanol–water partition coefficient (Wildman–Crippen LogP) is 21.5. The average Bonchev–Trinajstić information content (AvgIpc) is 3.56. The molecule has 87 heavy (non-hydrogen) atoms. The molecule has 0 aliphatic carbocycles. The third-order valence-electron chi connectivity index (χ3n) is 14.0. The average molecular weight is 1210 g/mol. The van der Waals surface area contributed by atoms with Crippen LogP contribution < -0.4 is 0 Å². The Balaban J connectivity index is 4.24. The number of aliphatic carboxylic acids is 1. The molecular formula is C78H126NO8+. The fourth-order valence-electron chi connectivity index (χ4n) is 8.80. The van der Waals surface area contributed by atoms with Crippen LogP contribution in [0, 0.1) is 0 Å². The first-order valence-electron chi connectivity index (χ1n) is 34.3. The number of carboxylic acid groups (broad SMARTS) is 1. The number of unbranched alkanes of at least 4 members (excludes halogenated alkanes) is 18. The Hall–Kier alpha value is -5.35. The van der Waals surface area contributed by atoms with Crippen LogP contribution in [0.3, 0.4) is 0 Å². The Bertz CT molecular complexity index is 2030. The molecule has 0 aliphatic heterocycles. The highest BCUT2D eigenvalue weighted by Gasteiger charge is 2.25. The number of nitrogens with zero attached hydrogens (tertiary/aromatic N) is 1. The molecule has 0 heterocycles. The molecule has 0 bridgehead atoms. The minimum atomic E-state index is -1.53. The highest BCUT2D eigenvalue weighted by Crippen LogP contribution is 2.15. The maximum atomic E-state index is 12.9. The van der Waals surface area contributed by atoms with Crippen LogP contribution in [-0.4, -0.2) is 87.4 Å². The molecule has 9 heteroatoms. The van der Waals surface area contributed by atoms with Gasteiger partial charge in [-0.3, -0.25) is 9.59 Å². The number of carbonyl (C=O) groups is 3. The van der Waals surface area contributed by atoms with E-state index >= 15 is 0 Å². The highest BCUT2D eigenvalue weighted by atomic mass is 16.7. The number of carbonyl (C=O) groups excluding carboxylic acids is 2. The molecule has 2 atom stereocenters. The summed E-state index contributed by atoms with van der Waals surface area (Å²) < 4.78 is 22.9. The molecule has 0 saturated heterocycles. The van der Waals surface area contributed by atoms with Gasteiger partial charge < -0.3 is 28.5 Å². The number of likely N-dealkylation sites (N-methyl/N-ethyl adjacent to an activating group) is 1. The summed E-state index contributed by atoms with van der Waals surface area (Å²) in [6.45, 7) is 4.61. The molecule has 0 radical (unpaired) electrons. The molecule has 0 aromatic heterocycles. The van der Waals surface area contributed by atoms with Crippen molar-refractivity contribution in [3.63, 3.8) is 0 Å². The summed E-state index contributed by atoms with van der Waals surface area (Å²) in [4.78, 5) is 37.6. The Kier molecular flexibility index (Phi) is 62.5. The van der Waals surface area contributed by atoms with Crippen LogP contribution in [0.4, 0.5) is 0 Å². The standard InChI is InChI=1S/C78H125NO8/c1-6-8-10-12-14-16-18-20-22-24-26-28-30-32-34-36-38-40-42-44-46-48-50-52-54-56-58-60-62-64-66-68-75(80)85-72-74(73-86-78(77(82)83)84-71-70-79(3,4)5)87-76(81)69-67-65-63-61-59-57-55-53-51-49-47-45-43-41-39-37-35-33-31-29-27-25-23-21-19-17-15-13-11-9-7-2/h8-11,14-17,20-23,26-29,32-35,38-41,45,47,51,53,74,78H,6-7,12-13,18-19,24-25,30-31,36-37,42-44,46,48-50,52,54-73H2,1-5H3/p+1/b10-8-,11-9-,16-14-,17-15-,22-20-,23-21-,28-26-,29-27-,34-32-,35-33-,40-38-,41-39-,47-45-,53-51-. The fourth-order valence-corrected chi connectivity index (χ4v) is 8.80. The molecule has 0 saturated carbocycles. The molecule has 0 aromatic carbocycles. The Morgan fingerprint density at radius 2 is 0.621 bits per heavy atom. The van der Waals surface area contributed by atoms with Crippen LogP contribution in [0.15, 0.2) is 170 Å². The number of hydrogen-bond acceptors (Lipinski definition) is 7. The maximum Gasteiger partial charge on any atom is 0.361 e. The summed E-state index contributed by atoms with van der Waals surface area (Å²) in [6.07, 6.45) is 97.3. The molecule has 0 amide bonds. The number of quaternary nitrogens is 1. The second-order valence-electron chi connectivity index (χ2n) is 23.4. The zero-order chi connectivity index (χ0) is 63.3. The summed E-state index contributed by atoms with van der Waals surface area (Å²) in [5, 5.41) is 9.75. The second kappa shape index (κ2) is 66.6. The van der Waals surface area contributed by atoms with E-state index in [-0.39, 0.29) is 38.6 Å². The molecule has 1 N–H and O–H groups in total. The van der Waals surface area contributed by atoms with Crippen LogP contribution in [0.25, 0.3) is 0 Å². The van der Waals surface area contributed by atoms with Crippen molar-refractivity contribution in [3.8, 4) is 0 Å². The fraction of sp³-hybridized carbons (Fsp3) is 0.603. The van der Waals surface area contributed by atoms with Crippen molar-refractivity contribution in [2.24, 2.45) is 0 Å². The Morgan fingerprint density at radius 3 is 0.920 bits per heavy atom. The first kappa shape index (κ1) is 81.7. The van der Waals surface area contributed by atoms with Gasteiger partial charge in [0.2, 0.25) is 0 Å². The van der Waals surface area contributed by atoms with Gasteiger partial charge in [-0.25, -0.2) is 4.79 Å². The number of allylic oxidation sites excluding steroid dienone is 28. The van der Waals surface area contributed by atoms with Gasteiger partial charge in [0.15, 0.2) is 6.10 Å². The summed E-state index contributed by atoms with van der Waals surface area (Å²) in [7, 11) is 5.96. The zero-order valence-corrected chi connectivity index (χ0v) is 55.9. The number of hydrogen-bond donors (Lipinski definition) is 1. The van der Waals surface area contributed by atoms with E-state index < -0.39 is 24.3 Å². The lowest BCUT2D eigenvalue weighted by molar-refractivity contribution is -0.870.